The van der Waals surface area contributed by atoms with Crippen LogP contribution in [0, 0.1) is 11.6 Å². The Morgan fingerprint density at radius 1 is 1.06 bits per heavy atom. The largest absolute Gasteiger partial charge is 0.508 e. The lowest BCUT2D eigenvalue weighted by atomic mass is 9.91. The van der Waals surface area contributed by atoms with Gasteiger partial charge in [0.25, 0.3) is 5.91 Å². The maximum Gasteiger partial charge on any atom is 0.410 e. The average molecular weight is 677 g/mol. The number of nitrogens with zero attached hydrogens (tertiary/aromatic N) is 6. The van der Waals surface area contributed by atoms with Gasteiger partial charge < -0.3 is 24.5 Å². The number of rotatable bonds is 6. The molecule has 0 unspecified atom stereocenters. The number of phenolic OH excluding ortho intramolecular Hbond substituents is 1. The summed E-state index contributed by atoms with van der Waals surface area (Å²) in [5, 5.41) is 18.8. The van der Waals surface area contributed by atoms with Crippen molar-refractivity contribution in [3.63, 3.8) is 0 Å². The van der Waals surface area contributed by atoms with Crippen LogP contribution in [0.5, 0.6) is 5.75 Å². The molecule has 3 aromatic rings. The van der Waals surface area contributed by atoms with Crippen LogP contribution in [0.4, 0.5) is 19.3 Å². The number of anilines is 1. The predicted molar refractivity (Wildman–Crippen MR) is 177 cm³/mol. The monoisotopic (exact) mass is 676 g/mol. The zero-order chi connectivity index (χ0) is 35.4. The number of phenols is 1. The minimum Gasteiger partial charge on any atom is -0.508 e. The molecule has 3 aliphatic heterocycles. The van der Waals surface area contributed by atoms with Crippen LogP contribution in [0.3, 0.4) is 0 Å². The fourth-order valence-corrected chi connectivity index (χ4v) is 6.91. The Hall–Kier alpha value is -4.65. The summed E-state index contributed by atoms with van der Waals surface area (Å²) >= 11 is 0. The predicted octanol–water partition coefficient (Wildman–Crippen LogP) is 4.64. The summed E-state index contributed by atoms with van der Waals surface area (Å²) in [5.74, 6) is -1.65. The number of halogens is 2. The molecule has 11 nitrogen and oxygen atoms in total. The number of fused-ring (bicyclic) bond motifs is 2. The van der Waals surface area contributed by atoms with Crippen LogP contribution < -0.4 is 4.90 Å². The smallest absolute Gasteiger partial charge is 0.410 e. The minimum absolute atomic E-state index is 0.00665. The van der Waals surface area contributed by atoms with E-state index < -0.39 is 34.8 Å². The highest BCUT2D eigenvalue weighted by Gasteiger charge is 2.43. The molecular formula is C36H42F2N6O5. The van der Waals surface area contributed by atoms with Gasteiger partial charge in [0, 0.05) is 68.3 Å². The molecule has 3 aliphatic rings. The van der Waals surface area contributed by atoms with Crippen molar-refractivity contribution in [1.29, 1.82) is 0 Å². The maximum atomic E-state index is 14.5. The molecule has 4 heterocycles. The van der Waals surface area contributed by atoms with E-state index in [1.165, 1.54) is 18.2 Å². The van der Waals surface area contributed by atoms with Crippen molar-refractivity contribution in [3.05, 3.63) is 82.2 Å². The normalized spacial score (nSPS) is 20.4. The molecule has 3 amide bonds. The Kier molecular flexibility index (Phi) is 8.85. The highest BCUT2D eigenvalue weighted by molar-refractivity contribution is 5.99. The number of carbonyl (C=O) groups is 3. The van der Waals surface area contributed by atoms with Crippen molar-refractivity contribution < 1.29 is 33.0 Å². The van der Waals surface area contributed by atoms with E-state index in [0.29, 0.717) is 47.8 Å². The van der Waals surface area contributed by atoms with Crippen LogP contribution in [0.25, 0.3) is 0 Å². The van der Waals surface area contributed by atoms with Gasteiger partial charge in [-0.1, -0.05) is 19.9 Å². The molecule has 1 aromatic heterocycles. The third-order valence-corrected chi connectivity index (χ3v) is 9.32. The lowest BCUT2D eigenvalue weighted by Crippen LogP contribution is -2.63. The topological polar surface area (TPSA) is 119 Å². The Balaban J connectivity index is 1.25. The zero-order valence-electron chi connectivity index (χ0n) is 28.7. The van der Waals surface area contributed by atoms with E-state index in [4.69, 9.17) is 4.74 Å². The van der Waals surface area contributed by atoms with E-state index in [2.05, 4.69) is 10.2 Å². The summed E-state index contributed by atoms with van der Waals surface area (Å²) in [5.41, 5.74) is 1.97. The number of piperazine rings is 1. The highest BCUT2D eigenvalue weighted by atomic mass is 19.1. The first-order valence-corrected chi connectivity index (χ1v) is 16.5. The summed E-state index contributed by atoms with van der Waals surface area (Å²) in [7, 11) is 0. The van der Waals surface area contributed by atoms with Gasteiger partial charge >= 0.3 is 6.09 Å². The van der Waals surface area contributed by atoms with Gasteiger partial charge in [0.15, 0.2) is 0 Å². The number of benzene rings is 2. The van der Waals surface area contributed by atoms with Gasteiger partial charge in [0.1, 0.15) is 23.0 Å². The van der Waals surface area contributed by atoms with Gasteiger partial charge in [-0.2, -0.15) is 10.2 Å². The van der Waals surface area contributed by atoms with E-state index in [0.717, 1.165) is 6.07 Å². The molecular weight excluding hydrogens is 634 g/mol. The number of amides is 3. The molecule has 6 rings (SSSR count). The number of carbonyl (C=O) groups excluding carboxylic acids is 3. The van der Waals surface area contributed by atoms with E-state index in [1.807, 2.05) is 25.7 Å². The standard InChI is InChI=1S/C36H42F2N6O5/c1-21-15-41(26(18-43(21)34(48)49-35(2,3)4)17-42-16-23-12-27(45)9-10-28(23)33(42)47)19-31(46)44-20-36(5,6)32-30(44)14-25(39-40-32)11-22-7-8-24(37)13-29(22)38/h7-10,12-14,21,26,45H,11,15-20H2,1-6H3/t21-,26+/m1/s1. The maximum absolute atomic E-state index is 14.5. The quantitative estimate of drug-likeness (QED) is 0.401. The molecule has 13 heteroatoms. The number of ether oxygens (including phenoxy) is 1. The van der Waals surface area contributed by atoms with Crippen molar-refractivity contribution in [2.24, 2.45) is 0 Å². The van der Waals surface area contributed by atoms with Crippen LogP contribution in [0.15, 0.2) is 42.5 Å². The zero-order valence-corrected chi connectivity index (χ0v) is 28.7. The van der Waals surface area contributed by atoms with E-state index in [9.17, 15) is 28.3 Å². The van der Waals surface area contributed by atoms with Crippen molar-refractivity contribution in [1.82, 2.24) is 24.9 Å². The summed E-state index contributed by atoms with van der Waals surface area (Å²) in [4.78, 5) is 47.9. The van der Waals surface area contributed by atoms with Crippen molar-refractivity contribution in [2.75, 3.05) is 37.6 Å². The second-order valence-corrected chi connectivity index (χ2v) is 14.9. The van der Waals surface area contributed by atoms with E-state index >= 15 is 0 Å². The average Bonchev–Trinajstić information content (AvgIpc) is 3.45. The molecule has 1 N–H and O–H groups in total. The Bertz CT molecular complexity index is 1810. The van der Waals surface area contributed by atoms with Gasteiger partial charge in [-0.05, 0) is 69.2 Å². The van der Waals surface area contributed by atoms with E-state index in [1.54, 1.807) is 53.7 Å². The van der Waals surface area contributed by atoms with Gasteiger partial charge in [-0.25, -0.2) is 13.6 Å². The van der Waals surface area contributed by atoms with Gasteiger partial charge in [-0.3, -0.25) is 14.5 Å². The molecule has 49 heavy (non-hydrogen) atoms. The van der Waals surface area contributed by atoms with Crippen LogP contribution in [-0.4, -0.2) is 98.3 Å². The first kappa shape index (κ1) is 34.2. The minimum atomic E-state index is -0.700. The number of hydrogen-bond donors (Lipinski definition) is 1. The third kappa shape index (κ3) is 7.08. The summed E-state index contributed by atoms with van der Waals surface area (Å²) in [6, 6.07) is 9.12. The highest BCUT2D eigenvalue weighted by Crippen LogP contribution is 2.39. The number of hydrogen-bond acceptors (Lipinski definition) is 8. The molecule has 1 saturated heterocycles. The molecule has 0 spiro atoms. The lowest BCUT2D eigenvalue weighted by molar-refractivity contribution is -0.121. The second-order valence-electron chi connectivity index (χ2n) is 14.9. The fourth-order valence-electron chi connectivity index (χ4n) is 6.91. The fraction of sp³-hybridized carbons (Fsp3) is 0.472. The van der Waals surface area contributed by atoms with Crippen molar-refractivity contribution in [3.8, 4) is 5.75 Å². The Labute approximate surface area is 284 Å². The molecule has 260 valence electrons. The molecule has 1 fully saturated rings. The van der Waals surface area contributed by atoms with Gasteiger partial charge in [0.05, 0.1) is 23.6 Å². The van der Waals surface area contributed by atoms with Gasteiger partial charge in [0.2, 0.25) is 5.91 Å². The summed E-state index contributed by atoms with van der Waals surface area (Å²) < 4.78 is 33.7. The summed E-state index contributed by atoms with van der Waals surface area (Å²) in [6.07, 6.45) is -0.388. The number of aromatic hydroxyl groups is 1. The first-order chi connectivity index (χ1) is 23.0. The SMILES string of the molecule is C[C@@H]1CN(CC(=O)N2CC(C)(C)c3nnc(Cc4ccc(F)cc4F)cc32)[C@@H](CN2Cc3cc(O)ccc3C2=O)CN1C(=O)OC(C)(C)C. The van der Waals surface area contributed by atoms with Crippen molar-refractivity contribution in [2.45, 2.75) is 77.6 Å². The van der Waals surface area contributed by atoms with Crippen LogP contribution in [0.2, 0.25) is 0 Å². The van der Waals surface area contributed by atoms with Crippen molar-refractivity contribution >= 4 is 23.6 Å². The van der Waals surface area contributed by atoms with Gasteiger partial charge in [-0.15, -0.1) is 0 Å². The van der Waals surface area contributed by atoms with E-state index in [-0.39, 0.29) is 55.2 Å². The molecule has 0 radical (unpaired) electrons. The lowest BCUT2D eigenvalue weighted by Gasteiger charge is -2.46. The second kappa shape index (κ2) is 12.7. The molecule has 2 aromatic carbocycles. The molecule has 0 bridgehead atoms. The van der Waals surface area contributed by atoms with Crippen LogP contribution >= 0.6 is 0 Å². The Morgan fingerprint density at radius 3 is 2.53 bits per heavy atom. The number of aromatic nitrogens is 2. The molecule has 2 atom stereocenters. The third-order valence-electron chi connectivity index (χ3n) is 9.32. The van der Waals surface area contributed by atoms with Crippen LogP contribution in [-0.2, 0) is 27.9 Å². The first-order valence-electron chi connectivity index (χ1n) is 16.5. The Morgan fingerprint density at radius 2 is 1.82 bits per heavy atom. The molecule has 0 aliphatic carbocycles. The summed E-state index contributed by atoms with van der Waals surface area (Å²) in [6.45, 7) is 12.8. The molecule has 0 saturated carbocycles. The van der Waals surface area contributed by atoms with Crippen LogP contribution in [0.1, 0.15) is 74.4 Å².